The lowest BCUT2D eigenvalue weighted by atomic mass is 10.00. The lowest BCUT2D eigenvalue weighted by Crippen LogP contribution is -2.52. The number of carboxylic acid groups (broad SMARTS) is 1. The Hall–Kier alpha value is -4.15. The average molecular weight is 723 g/mol. The molecule has 1 saturated heterocycles. The number of carboxylic acids is 1. The molecule has 0 aliphatic carbocycles. The van der Waals surface area contributed by atoms with Crippen LogP contribution >= 0.6 is 0 Å². The van der Waals surface area contributed by atoms with Gasteiger partial charge in [-0.1, -0.05) is 12.1 Å². The number of likely N-dealkylation sites (tertiary alicyclic amines) is 1. The van der Waals surface area contributed by atoms with Gasteiger partial charge in [0.15, 0.2) is 0 Å². The van der Waals surface area contributed by atoms with E-state index in [0.29, 0.717) is 18.4 Å². The third kappa shape index (κ3) is 15.7. The summed E-state index contributed by atoms with van der Waals surface area (Å²) in [4.78, 5) is 79.4. The van der Waals surface area contributed by atoms with Crippen LogP contribution in [0.15, 0.2) is 24.3 Å². The smallest absolute Gasteiger partial charge is 0.323 e. The highest BCUT2D eigenvalue weighted by atomic mass is 16.6. The summed E-state index contributed by atoms with van der Waals surface area (Å²) in [5.74, 6) is -3.29. The van der Waals surface area contributed by atoms with Crippen LogP contribution in [0.3, 0.4) is 0 Å². The van der Waals surface area contributed by atoms with E-state index < -0.39 is 70.6 Å². The molecule has 2 rings (SSSR count). The van der Waals surface area contributed by atoms with Gasteiger partial charge in [0, 0.05) is 43.9 Å². The molecule has 0 bridgehead atoms. The molecule has 0 radical (unpaired) electrons. The van der Waals surface area contributed by atoms with Crippen molar-refractivity contribution in [2.75, 3.05) is 53.0 Å². The average Bonchev–Trinajstić information content (AvgIpc) is 3.38. The second-order valence-electron chi connectivity index (χ2n) is 14.5. The summed E-state index contributed by atoms with van der Waals surface area (Å²) in [6.07, 6.45) is 0.962. The van der Waals surface area contributed by atoms with Crippen molar-refractivity contribution in [3.63, 3.8) is 0 Å². The number of esters is 4. The largest absolute Gasteiger partial charge is 0.480 e. The third-order valence-corrected chi connectivity index (χ3v) is 7.98. The highest BCUT2D eigenvalue weighted by Crippen LogP contribution is 2.28. The molecule has 16 nitrogen and oxygen atoms in total. The second kappa shape index (κ2) is 19.5. The number of benzene rings is 1. The number of non-ortho nitro benzene ring substituents is 1. The molecule has 1 aliphatic heterocycles. The molecule has 0 spiro atoms. The number of nitro benzene ring substituents is 1. The van der Waals surface area contributed by atoms with Gasteiger partial charge in [-0.15, -0.1) is 0 Å². The lowest BCUT2D eigenvalue weighted by molar-refractivity contribution is -0.384. The standard InChI is InChI=1S/C35H54N4O12/c1-9-49-33(45)28-15-14-26(38(28)21-29(40)41)20-37(27(19-30(42)48-8)18-24-10-12-25(13-11-24)39(46)47)17-16-36(22-31(43)50-34(2,3)4)23-32(44)51-35(5,6)7/h10-13,26-28H,9,14-23H2,1-8H3,(H,40,41)/t26-,27?,28+/m0/s1. The van der Waals surface area contributed by atoms with Crippen LogP contribution in [-0.4, -0.2) is 137 Å². The molecule has 1 aliphatic rings. The molecular formula is C35H54N4O12. The number of hydrogen-bond donors (Lipinski definition) is 1. The van der Waals surface area contributed by atoms with Crippen molar-refractivity contribution in [1.82, 2.24) is 14.7 Å². The fraction of sp³-hybridized carbons (Fsp3) is 0.686. The van der Waals surface area contributed by atoms with Crippen LogP contribution in [0, 0.1) is 10.1 Å². The van der Waals surface area contributed by atoms with Gasteiger partial charge in [0.2, 0.25) is 0 Å². The van der Waals surface area contributed by atoms with Gasteiger partial charge < -0.3 is 24.1 Å². The quantitative estimate of drug-likeness (QED) is 0.0947. The van der Waals surface area contributed by atoms with Crippen LogP contribution in [0.25, 0.3) is 0 Å². The number of ether oxygens (including phenoxy) is 4. The summed E-state index contributed by atoms with van der Waals surface area (Å²) in [5.41, 5.74) is -0.956. The van der Waals surface area contributed by atoms with Gasteiger partial charge in [-0.3, -0.25) is 48.8 Å². The second-order valence-corrected chi connectivity index (χ2v) is 14.5. The molecule has 1 unspecified atom stereocenters. The Balaban J connectivity index is 2.53. The van der Waals surface area contributed by atoms with Crippen molar-refractivity contribution in [3.8, 4) is 0 Å². The summed E-state index contributed by atoms with van der Waals surface area (Å²) >= 11 is 0. The summed E-state index contributed by atoms with van der Waals surface area (Å²) in [5, 5.41) is 21.1. The van der Waals surface area contributed by atoms with E-state index in [1.807, 2.05) is 4.90 Å². The van der Waals surface area contributed by atoms with Gasteiger partial charge in [0.05, 0.1) is 44.7 Å². The van der Waals surface area contributed by atoms with Crippen molar-refractivity contribution < 1.29 is 52.9 Å². The summed E-state index contributed by atoms with van der Waals surface area (Å²) in [6, 6.07) is 4.14. The number of nitrogens with zero attached hydrogens (tertiary/aromatic N) is 4. The van der Waals surface area contributed by atoms with Crippen LogP contribution in [-0.2, 0) is 49.3 Å². The molecule has 3 atom stereocenters. The fourth-order valence-corrected chi connectivity index (χ4v) is 5.94. The maximum Gasteiger partial charge on any atom is 0.323 e. The van der Waals surface area contributed by atoms with Crippen molar-refractivity contribution in [1.29, 1.82) is 0 Å². The molecule has 16 heteroatoms. The van der Waals surface area contributed by atoms with Gasteiger partial charge in [-0.05, 0) is 73.3 Å². The van der Waals surface area contributed by atoms with E-state index in [2.05, 4.69) is 0 Å². The number of aliphatic carboxylic acids is 1. The van der Waals surface area contributed by atoms with Crippen molar-refractivity contribution in [2.45, 2.75) is 103 Å². The Labute approximate surface area is 299 Å². The van der Waals surface area contributed by atoms with E-state index in [-0.39, 0.29) is 57.9 Å². The number of carbonyl (C=O) groups excluding carboxylic acids is 4. The molecule has 1 aromatic rings. The topological polar surface area (TPSA) is 195 Å². The van der Waals surface area contributed by atoms with Crippen LogP contribution in [0.2, 0.25) is 0 Å². The summed E-state index contributed by atoms with van der Waals surface area (Å²) in [6.45, 7) is 11.8. The van der Waals surface area contributed by atoms with Crippen LogP contribution in [0.4, 0.5) is 5.69 Å². The number of hydrogen-bond acceptors (Lipinski definition) is 14. The van der Waals surface area contributed by atoms with E-state index in [1.54, 1.807) is 70.4 Å². The summed E-state index contributed by atoms with van der Waals surface area (Å²) in [7, 11) is 1.26. The SMILES string of the molecule is CCOC(=O)[C@H]1CC[C@@H](CN(CCN(CC(=O)OC(C)(C)C)CC(=O)OC(C)(C)C)C(CC(=O)OC)Cc2ccc([N+](=O)[O-])cc2)N1CC(=O)O. The van der Waals surface area contributed by atoms with Gasteiger partial charge in [0.25, 0.3) is 5.69 Å². The molecule has 1 fully saturated rings. The van der Waals surface area contributed by atoms with E-state index in [0.717, 1.165) is 0 Å². The number of nitro groups is 1. The number of rotatable bonds is 19. The fourth-order valence-electron chi connectivity index (χ4n) is 5.94. The Kier molecular flexibility index (Phi) is 16.4. The monoisotopic (exact) mass is 722 g/mol. The Morgan fingerprint density at radius 2 is 1.51 bits per heavy atom. The number of methoxy groups -OCH3 is 1. The van der Waals surface area contributed by atoms with Crippen LogP contribution in [0.5, 0.6) is 0 Å². The van der Waals surface area contributed by atoms with Crippen LogP contribution in [0.1, 0.15) is 73.3 Å². The minimum absolute atomic E-state index is 0.0969. The van der Waals surface area contributed by atoms with E-state index in [9.17, 15) is 39.2 Å². The van der Waals surface area contributed by atoms with E-state index >= 15 is 0 Å². The Morgan fingerprint density at radius 1 is 0.941 bits per heavy atom. The zero-order valence-electron chi connectivity index (χ0n) is 31.0. The van der Waals surface area contributed by atoms with Gasteiger partial charge >= 0.3 is 29.8 Å². The van der Waals surface area contributed by atoms with Crippen molar-refractivity contribution in [3.05, 3.63) is 39.9 Å². The Bertz CT molecular complexity index is 1330. The van der Waals surface area contributed by atoms with Crippen molar-refractivity contribution >= 4 is 35.5 Å². The molecule has 1 heterocycles. The number of carbonyl (C=O) groups is 5. The third-order valence-electron chi connectivity index (χ3n) is 7.98. The predicted octanol–water partition coefficient (Wildman–Crippen LogP) is 2.84. The van der Waals surface area contributed by atoms with Crippen LogP contribution < -0.4 is 0 Å². The normalized spacial score (nSPS) is 17.2. The predicted molar refractivity (Wildman–Crippen MR) is 185 cm³/mol. The van der Waals surface area contributed by atoms with E-state index in [1.165, 1.54) is 19.2 Å². The highest BCUT2D eigenvalue weighted by Gasteiger charge is 2.41. The molecule has 1 N–H and O–H groups in total. The first kappa shape index (κ1) is 43.0. The maximum atomic E-state index is 12.9. The molecular weight excluding hydrogens is 668 g/mol. The zero-order chi connectivity index (χ0) is 38.5. The van der Waals surface area contributed by atoms with Crippen molar-refractivity contribution in [2.24, 2.45) is 0 Å². The maximum absolute atomic E-state index is 12.9. The molecule has 0 saturated carbocycles. The summed E-state index contributed by atoms with van der Waals surface area (Å²) < 4.78 is 21.3. The van der Waals surface area contributed by atoms with Gasteiger partial charge in [0.1, 0.15) is 17.2 Å². The first-order valence-corrected chi connectivity index (χ1v) is 17.1. The molecule has 0 amide bonds. The first-order chi connectivity index (χ1) is 23.7. The molecule has 51 heavy (non-hydrogen) atoms. The minimum Gasteiger partial charge on any atom is -0.480 e. The molecule has 286 valence electrons. The van der Waals surface area contributed by atoms with Gasteiger partial charge in [-0.25, -0.2) is 0 Å². The first-order valence-electron chi connectivity index (χ1n) is 17.1. The lowest BCUT2D eigenvalue weighted by Gasteiger charge is -2.37. The molecule has 1 aromatic carbocycles. The minimum atomic E-state index is -1.12. The Morgan fingerprint density at radius 3 is 1.98 bits per heavy atom. The highest BCUT2D eigenvalue weighted by molar-refractivity contribution is 5.78. The van der Waals surface area contributed by atoms with E-state index in [4.69, 9.17) is 18.9 Å². The van der Waals surface area contributed by atoms with Gasteiger partial charge in [-0.2, -0.15) is 0 Å². The molecule has 0 aromatic heterocycles. The zero-order valence-corrected chi connectivity index (χ0v) is 31.0.